The first-order valence-corrected chi connectivity index (χ1v) is 11.4. The van der Waals surface area contributed by atoms with E-state index in [0.717, 1.165) is 67.9 Å². The van der Waals surface area contributed by atoms with Crippen molar-refractivity contribution < 1.29 is 9.53 Å². The minimum atomic E-state index is 0.0751. The van der Waals surface area contributed by atoms with Gasteiger partial charge in [0.25, 0.3) is 0 Å². The monoisotopic (exact) mass is 456 g/mol. The predicted octanol–water partition coefficient (Wildman–Crippen LogP) is 4.66. The SMILES string of the molecule is COc1ccccc1N1CCN(CCC(=O)C2CCCc3ccc(Br)cc32)CC1. The number of carbonyl (C=O) groups is 1. The van der Waals surface area contributed by atoms with E-state index in [1.165, 1.54) is 11.1 Å². The molecule has 0 radical (unpaired) electrons. The van der Waals surface area contributed by atoms with Crippen LogP contribution in [-0.2, 0) is 11.2 Å². The Labute approximate surface area is 182 Å². The number of nitrogens with zero attached hydrogens (tertiary/aromatic N) is 2. The fraction of sp³-hybridized carbons (Fsp3) is 0.458. The molecule has 0 bridgehead atoms. The molecule has 1 fully saturated rings. The van der Waals surface area contributed by atoms with Crippen LogP contribution in [0.15, 0.2) is 46.9 Å². The number of anilines is 1. The summed E-state index contributed by atoms with van der Waals surface area (Å²) in [5.74, 6) is 1.40. The maximum atomic E-state index is 13.0. The molecule has 1 unspecified atom stereocenters. The summed E-state index contributed by atoms with van der Waals surface area (Å²) >= 11 is 3.57. The number of carbonyl (C=O) groups excluding carboxylic acids is 1. The first-order valence-electron chi connectivity index (χ1n) is 10.6. The molecule has 2 aliphatic rings. The van der Waals surface area contributed by atoms with Crippen LogP contribution in [0.1, 0.15) is 36.3 Å². The van der Waals surface area contributed by atoms with Crippen LogP contribution in [-0.4, -0.2) is 50.5 Å². The van der Waals surface area contributed by atoms with Crippen molar-refractivity contribution in [1.82, 2.24) is 4.90 Å². The third-order valence-corrected chi connectivity index (χ3v) is 6.78. The van der Waals surface area contributed by atoms with Gasteiger partial charge < -0.3 is 9.64 Å². The highest BCUT2D eigenvalue weighted by Crippen LogP contribution is 2.35. The van der Waals surface area contributed by atoms with E-state index in [4.69, 9.17) is 4.74 Å². The number of aryl methyl sites for hydroxylation is 1. The average molecular weight is 457 g/mol. The van der Waals surface area contributed by atoms with E-state index >= 15 is 0 Å². The molecule has 0 N–H and O–H groups in total. The number of ketones is 1. The molecule has 2 aromatic carbocycles. The highest BCUT2D eigenvalue weighted by atomic mass is 79.9. The Morgan fingerprint density at radius 2 is 1.93 bits per heavy atom. The van der Waals surface area contributed by atoms with Gasteiger partial charge in [0.2, 0.25) is 0 Å². The molecular formula is C24H29BrN2O2. The lowest BCUT2D eigenvalue weighted by Crippen LogP contribution is -2.47. The number of hydrogen-bond donors (Lipinski definition) is 0. The van der Waals surface area contributed by atoms with Gasteiger partial charge in [-0.3, -0.25) is 9.69 Å². The minimum absolute atomic E-state index is 0.0751. The predicted molar refractivity (Wildman–Crippen MR) is 121 cm³/mol. The quantitative estimate of drug-likeness (QED) is 0.632. The zero-order valence-electron chi connectivity index (χ0n) is 17.1. The van der Waals surface area contributed by atoms with Crippen molar-refractivity contribution in [1.29, 1.82) is 0 Å². The molecule has 1 saturated heterocycles. The van der Waals surface area contributed by atoms with Crippen molar-refractivity contribution in [3.63, 3.8) is 0 Å². The maximum Gasteiger partial charge on any atom is 0.142 e. The summed E-state index contributed by atoms with van der Waals surface area (Å²) in [4.78, 5) is 17.8. The van der Waals surface area contributed by atoms with Crippen LogP contribution in [0, 0.1) is 0 Å². The first kappa shape index (κ1) is 20.4. The zero-order chi connectivity index (χ0) is 20.2. The van der Waals surface area contributed by atoms with Gasteiger partial charge in [-0.05, 0) is 54.7 Å². The Morgan fingerprint density at radius 3 is 2.72 bits per heavy atom. The van der Waals surface area contributed by atoms with Crippen LogP contribution in [0.5, 0.6) is 5.75 Å². The van der Waals surface area contributed by atoms with E-state index < -0.39 is 0 Å². The Morgan fingerprint density at radius 1 is 1.14 bits per heavy atom. The van der Waals surface area contributed by atoms with Crippen LogP contribution in [0.3, 0.4) is 0 Å². The van der Waals surface area contributed by atoms with Crippen LogP contribution in [0.2, 0.25) is 0 Å². The summed E-state index contributed by atoms with van der Waals surface area (Å²) in [5.41, 5.74) is 3.76. The van der Waals surface area contributed by atoms with E-state index in [1.54, 1.807) is 7.11 Å². The second-order valence-corrected chi connectivity index (χ2v) is 8.92. The Bertz CT molecular complexity index is 862. The number of piperazine rings is 1. The number of halogens is 1. The third kappa shape index (κ3) is 4.67. The van der Waals surface area contributed by atoms with E-state index in [-0.39, 0.29) is 5.92 Å². The molecule has 0 saturated carbocycles. The molecule has 1 atom stereocenters. The molecule has 5 heteroatoms. The molecule has 1 heterocycles. The number of ether oxygens (including phenoxy) is 1. The number of benzene rings is 2. The molecule has 29 heavy (non-hydrogen) atoms. The van der Waals surface area contributed by atoms with Gasteiger partial charge in [0.15, 0.2) is 0 Å². The van der Waals surface area contributed by atoms with Crippen molar-refractivity contribution >= 4 is 27.4 Å². The molecule has 2 aromatic rings. The number of fused-ring (bicyclic) bond motifs is 1. The molecule has 0 spiro atoms. The first-order chi connectivity index (χ1) is 14.2. The summed E-state index contributed by atoms with van der Waals surface area (Å²) < 4.78 is 6.58. The molecule has 4 nitrogen and oxygen atoms in total. The molecule has 4 rings (SSSR count). The Kier molecular flexibility index (Phi) is 6.56. The van der Waals surface area contributed by atoms with Gasteiger partial charge in [0.1, 0.15) is 11.5 Å². The molecular weight excluding hydrogens is 428 g/mol. The van der Waals surface area contributed by atoms with E-state index in [0.29, 0.717) is 12.2 Å². The van der Waals surface area contributed by atoms with Crippen LogP contribution in [0.4, 0.5) is 5.69 Å². The van der Waals surface area contributed by atoms with Crippen LogP contribution >= 0.6 is 15.9 Å². The number of Topliss-reactive ketones (excluding diaryl/α,β-unsaturated/α-hetero) is 1. The van der Waals surface area contributed by atoms with Crippen molar-refractivity contribution in [2.75, 3.05) is 44.7 Å². The van der Waals surface area contributed by atoms with Crippen molar-refractivity contribution in [3.8, 4) is 5.75 Å². The lowest BCUT2D eigenvalue weighted by atomic mass is 9.80. The van der Waals surface area contributed by atoms with Crippen molar-refractivity contribution in [2.45, 2.75) is 31.6 Å². The van der Waals surface area contributed by atoms with Gasteiger partial charge in [0.05, 0.1) is 12.8 Å². The summed E-state index contributed by atoms with van der Waals surface area (Å²) in [6, 6.07) is 14.6. The van der Waals surface area contributed by atoms with Gasteiger partial charge in [-0.1, -0.05) is 34.1 Å². The number of rotatable bonds is 6. The van der Waals surface area contributed by atoms with Crippen molar-refractivity contribution in [3.05, 3.63) is 58.1 Å². The second kappa shape index (κ2) is 9.31. The number of para-hydroxylation sites is 2. The number of hydrogen-bond acceptors (Lipinski definition) is 4. The maximum absolute atomic E-state index is 13.0. The molecule has 1 aliphatic carbocycles. The Hall–Kier alpha value is -1.85. The highest BCUT2D eigenvalue weighted by molar-refractivity contribution is 9.10. The topological polar surface area (TPSA) is 32.8 Å². The molecule has 0 aromatic heterocycles. The lowest BCUT2D eigenvalue weighted by molar-refractivity contribution is -0.121. The van der Waals surface area contributed by atoms with Gasteiger partial charge in [-0.2, -0.15) is 0 Å². The zero-order valence-corrected chi connectivity index (χ0v) is 18.7. The normalized spacial score (nSPS) is 19.7. The number of methoxy groups -OCH3 is 1. The fourth-order valence-corrected chi connectivity index (χ4v) is 5.03. The lowest BCUT2D eigenvalue weighted by Gasteiger charge is -2.36. The molecule has 1 aliphatic heterocycles. The smallest absolute Gasteiger partial charge is 0.142 e. The summed E-state index contributed by atoms with van der Waals surface area (Å²) in [5, 5.41) is 0. The van der Waals surface area contributed by atoms with E-state index in [2.05, 4.69) is 56.1 Å². The summed E-state index contributed by atoms with van der Waals surface area (Å²) in [6.45, 7) is 4.76. The highest BCUT2D eigenvalue weighted by Gasteiger charge is 2.27. The van der Waals surface area contributed by atoms with Crippen molar-refractivity contribution in [2.24, 2.45) is 0 Å². The second-order valence-electron chi connectivity index (χ2n) is 8.00. The summed E-state index contributed by atoms with van der Waals surface area (Å²) in [6.07, 6.45) is 3.84. The van der Waals surface area contributed by atoms with Gasteiger partial charge in [0, 0.05) is 49.5 Å². The van der Waals surface area contributed by atoms with Gasteiger partial charge in [-0.25, -0.2) is 0 Å². The largest absolute Gasteiger partial charge is 0.495 e. The Balaban J connectivity index is 1.31. The van der Waals surface area contributed by atoms with Crippen LogP contribution < -0.4 is 9.64 Å². The standard InChI is InChI=1S/C24H29BrN2O2/c1-29-24-8-3-2-7-22(24)27-15-13-26(14-16-27)12-11-23(28)20-6-4-5-18-9-10-19(25)17-21(18)20/h2-3,7-10,17,20H,4-6,11-16H2,1H3. The average Bonchev–Trinajstić information content (AvgIpc) is 2.77. The van der Waals surface area contributed by atoms with Crippen LogP contribution in [0.25, 0.3) is 0 Å². The summed E-state index contributed by atoms with van der Waals surface area (Å²) in [7, 11) is 1.72. The van der Waals surface area contributed by atoms with E-state index in [1.807, 2.05) is 12.1 Å². The minimum Gasteiger partial charge on any atom is -0.495 e. The van der Waals surface area contributed by atoms with E-state index in [9.17, 15) is 4.79 Å². The fourth-order valence-electron chi connectivity index (χ4n) is 4.65. The van der Waals surface area contributed by atoms with Gasteiger partial charge in [-0.15, -0.1) is 0 Å². The molecule has 154 valence electrons. The molecule has 0 amide bonds. The van der Waals surface area contributed by atoms with Gasteiger partial charge >= 0.3 is 0 Å². The third-order valence-electron chi connectivity index (χ3n) is 6.28.